The molecule has 0 spiro atoms. The van der Waals surface area contributed by atoms with Crippen molar-refractivity contribution in [1.82, 2.24) is 40.0 Å². The van der Waals surface area contributed by atoms with Crippen molar-refractivity contribution in [1.29, 1.82) is 0 Å². The van der Waals surface area contributed by atoms with Gasteiger partial charge in [0.05, 0.1) is 54.0 Å². The highest BCUT2D eigenvalue weighted by Crippen LogP contribution is 2.30. The predicted molar refractivity (Wildman–Crippen MR) is 135 cm³/mol. The van der Waals surface area contributed by atoms with Crippen LogP contribution in [0, 0.1) is 0 Å². The number of anilines is 1. The number of imidazole rings is 1. The number of carbonyl (C=O) groups excluding carboxylic acids is 1. The first kappa shape index (κ1) is 23.0. The number of pyridine rings is 3. The number of ether oxygens (including phenoxy) is 1. The summed E-state index contributed by atoms with van der Waals surface area (Å²) in [6.45, 7) is 2.03. The Morgan fingerprint density at radius 2 is 1.84 bits per heavy atom. The number of nitrogens with zero attached hydrogens (tertiary/aromatic N) is 6. The molecule has 3 N–H and O–H groups in total. The fraction of sp³-hybridized carbons (Fsp3) is 0.217. The van der Waals surface area contributed by atoms with E-state index in [2.05, 4.69) is 34.9 Å². The number of aromatic amines is 2. The molecule has 0 aliphatic carbocycles. The highest BCUT2D eigenvalue weighted by atomic mass is 32.2. The monoisotopic (exact) mass is 519 g/mol. The molecule has 1 aliphatic rings. The number of fused-ring (bicyclic) bond motifs is 2. The smallest absolute Gasteiger partial charge is 0.257 e. The Morgan fingerprint density at radius 1 is 1.05 bits per heavy atom. The molecule has 5 aromatic heterocycles. The first-order chi connectivity index (χ1) is 17.9. The topological polar surface area (TPSA) is 172 Å². The van der Waals surface area contributed by atoms with Gasteiger partial charge in [-0.2, -0.15) is 5.10 Å². The van der Waals surface area contributed by atoms with Crippen LogP contribution in [0.4, 0.5) is 5.69 Å². The fourth-order valence-corrected chi connectivity index (χ4v) is 4.79. The van der Waals surface area contributed by atoms with Crippen molar-refractivity contribution in [2.45, 2.75) is 0 Å². The minimum atomic E-state index is -3.45. The lowest BCUT2D eigenvalue weighted by atomic mass is 10.1. The molecular weight excluding hydrogens is 498 g/mol. The van der Waals surface area contributed by atoms with Crippen molar-refractivity contribution in [3.05, 3.63) is 48.7 Å². The number of hydrogen-bond donors (Lipinski definition) is 3. The van der Waals surface area contributed by atoms with E-state index >= 15 is 0 Å². The molecule has 14 heteroatoms. The second-order valence-electron chi connectivity index (χ2n) is 8.60. The fourth-order valence-electron chi connectivity index (χ4n) is 4.25. The Bertz CT molecular complexity index is 1760. The van der Waals surface area contributed by atoms with Crippen LogP contribution in [0.2, 0.25) is 0 Å². The summed E-state index contributed by atoms with van der Waals surface area (Å²) in [4.78, 5) is 35.6. The van der Waals surface area contributed by atoms with Gasteiger partial charge in [0.25, 0.3) is 5.91 Å². The molecule has 0 saturated carbocycles. The van der Waals surface area contributed by atoms with E-state index in [-0.39, 0.29) is 5.91 Å². The maximum Gasteiger partial charge on any atom is 0.257 e. The summed E-state index contributed by atoms with van der Waals surface area (Å²) >= 11 is 0. The minimum Gasteiger partial charge on any atom is -0.378 e. The van der Waals surface area contributed by atoms with Crippen molar-refractivity contribution in [2.24, 2.45) is 0 Å². The quantitative estimate of drug-likeness (QED) is 0.313. The lowest BCUT2D eigenvalue weighted by molar-refractivity contribution is 0.0304. The van der Waals surface area contributed by atoms with Crippen molar-refractivity contribution < 1.29 is 17.9 Å². The molecule has 0 unspecified atom stereocenters. The van der Waals surface area contributed by atoms with Crippen molar-refractivity contribution >= 4 is 43.7 Å². The van der Waals surface area contributed by atoms with Gasteiger partial charge in [0.15, 0.2) is 11.5 Å². The van der Waals surface area contributed by atoms with Gasteiger partial charge in [-0.1, -0.05) is 0 Å². The number of H-pyrrole nitrogens is 2. The summed E-state index contributed by atoms with van der Waals surface area (Å²) in [5.74, 6) is 0.332. The van der Waals surface area contributed by atoms with Crippen LogP contribution < -0.4 is 4.72 Å². The number of carbonyl (C=O) groups is 1. The van der Waals surface area contributed by atoms with Gasteiger partial charge in [-0.25, -0.2) is 18.4 Å². The zero-order valence-corrected chi connectivity index (χ0v) is 20.4. The number of aromatic nitrogens is 7. The molecule has 1 amide bonds. The summed E-state index contributed by atoms with van der Waals surface area (Å²) in [5, 5.41) is 7.95. The normalized spacial score (nSPS) is 14.4. The second kappa shape index (κ2) is 8.90. The number of morpholine rings is 1. The van der Waals surface area contributed by atoms with Crippen LogP contribution in [-0.2, 0) is 14.8 Å². The standard InChI is InChI=1S/C23H21N9O4S/c1-37(34,35)31-15-6-13(8-24-10-15)14-7-16-20(29-30-21(16)26-9-14)22-27-18-12-25-11-17(19(18)28-22)23(33)32-2-4-36-5-3-32/h6-12,31H,2-5H2,1H3,(H,27,28)(H,26,29,30). The molecule has 188 valence electrons. The Hall–Kier alpha value is -4.43. The summed E-state index contributed by atoms with van der Waals surface area (Å²) < 4.78 is 31.0. The Morgan fingerprint density at radius 3 is 2.65 bits per heavy atom. The van der Waals surface area contributed by atoms with Crippen LogP contribution in [0.5, 0.6) is 0 Å². The second-order valence-corrected chi connectivity index (χ2v) is 10.4. The van der Waals surface area contributed by atoms with E-state index in [0.717, 1.165) is 6.26 Å². The first-order valence-corrected chi connectivity index (χ1v) is 13.2. The van der Waals surface area contributed by atoms with E-state index in [1.54, 1.807) is 29.6 Å². The zero-order chi connectivity index (χ0) is 25.6. The van der Waals surface area contributed by atoms with Crippen molar-refractivity contribution in [3.8, 4) is 22.6 Å². The number of nitrogens with one attached hydrogen (secondary N) is 3. The third kappa shape index (κ3) is 4.47. The van der Waals surface area contributed by atoms with E-state index in [4.69, 9.17) is 9.72 Å². The van der Waals surface area contributed by atoms with Gasteiger partial charge < -0.3 is 14.6 Å². The van der Waals surface area contributed by atoms with Crippen LogP contribution in [0.3, 0.4) is 0 Å². The van der Waals surface area contributed by atoms with Crippen LogP contribution in [0.15, 0.2) is 43.1 Å². The van der Waals surface area contributed by atoms with E-state index in [0.29, 0.717) is 82.3 Å². The molecule has 1 fully saturated rings. The molecule has 37 heavy (non-hydrogen) atoms. The Labute approximate surface area is 210 Å². The van der Waals surface area contributed by atoms with E-state index in [9.17, 15) is 13.2 Å². The number of sulfonamides is 1. The third-order valence-electron chi connectivity index (χ3n) is 5.94. The SMILES string of the molecule is CS(=O)(=O)Nc1cncc(-c2cnc3n[nH]c(-c4nc5c(C(=O)N6CCOCC6)cncc5[nH]4)c3c2)c1. The molecule has 0 aromatic carbocycles. The van der Waals surface area contributed by atoms with Crippen LogP contribution >= 0.6 is 0 Å². The summed E-state index contributed by atoms with van der Waals surface area (Å²) in [6.07, 6.45) is 8.91. The highest BCUT2D eigenvalue weighted by molar-refractivity contribution is 7.92. The summed E-state index contributed by atoms with van der Waals surface area (Å²) in [5.41, 5.74) is 4.31. The molecule has 0 bridgehead atoms. The first-order valence-electron chi connectivity index (χ1n) is 11.3. The van der Waals surface area contributed by atoms with Crippen molar-refractivity contribution in [2.75, 3.05) is 37.3 Å². The Kier molecular flexibility index (Phi) is 5.53. The highest BCUT2D eigenvalue weighted by Gasteiger charge is 2.23. The molecule has 5 aromatic rings. The largest absolute Gasteiger partial charge is 0.378 e. The van der Waals surface area contributed by atoms with Crippen molar-refractivity contribution in [3.63, 3.8) is 0 Å². The van der Waals surface area contributed by atoms with Gasteiger partial charge in [-0.05, 0) is 12.1 Å². The van der Waals surface area contributed by atoms with E-state index < -0.39 is 10.0 Å². The summed E-state index contributed by atoms with van der Waals surface area (Å²) in [7, 11) is -3.45. The van der Waals surface area contributed by atoms with Gasteiger partial charge in [0.1, 0.15) is 11.2 Å². The lowest BCUT2D eigenvalue weighted by Gasteiger charge is -2.26. The van der Waals surface area contributed by atoms with Crippen LogP contribution in [0.1, 0.15) is 10.4 Å². The molecular formula is C23H21N9O4S. The van der Waals surface area contributed by atoms with E-state index in [1.165, 1.54) is 12.4 Å². The molecule has 0 radical (unpaired) electrons. The van der Waals surface area contributed by atoms with Crippen LogP contribution in [-0.4, -0.2) is 86.9 Å². The third-order valence-corrected chi connectivity index (χ3v) is 6.55. The maximum absolute atomic E-state index is 13.1. The molecule has 13 nitrogen and oxygen atoms in total. The van der Waals surface area contributed by atoms with Gasteiger partial charge in [0.2, 0.25) is 10.0 Å². The predicted octanol–water partition coefficient (Wildman–Crippen LogP) is 1.80. The van der Waals surface area contributed by atoms with Gasteiger partial charge >= 0.3 is 0 Å². The number of amides is 1. The van der Waals surface area contributed by atoms with E-state index in [1.807, 2.05) is 6.07 Å². The number of hydrogen-bond acceptors (Lipinski definition) is 9. The lowest BCUT2D eigenvalue weighted by Crippen LogP contribution is -2.40. The number of rotatable bonds is 5. The minimum absolute atomic E-state index is 0.145. The van der Waals surface area contributed by atoms with Crippen LogP contribution in [0.25, 0.3) is 44.7 Å². The molecule has 1 saturated heterocycles. The van der Waals surface area contributed by atoms with Gasteiger partial charge in [-0.3, -0.25) is 24.6 Å². The average molecular weight is 520 g/mol. The zero-order valence-electron chi connectivity index (χ0n) is 19.6. The van der Waals surface area contributed by atoms with Gasteiger partial charge in [0, 0.05) is 42.8 Å². The molecule has 0 atom stereocenters. The molecule has 1 aliphatic heterocycles. The maximum atomic E-state index is 13.1. The average Bonchev–Trinajstić information content (AvgIpc) is 3.51. The van der Waals surface area contributed by atoms with Gasteiger partial charge in [-0.15, -0.1) is 0 Å². The molecule has 6 rings (SSSR count). The Balaban J connectivity index is 1.39. The summed E-state index contributed by atoms with van der Waals surface area (Å²) in [6, 6.07) is 3.54. The molecule has 6 heterocycles.